The number of nitrogens with one attached hydrogen (secondary N) is 1. The largest absolute Gasteiger partial charge is 0.390 e. The third-order valence-electron chi connectivity index (χ3n) is 3.15. The Kier molecular flexibility index (Phi) is 4.36. The van der Waals surface area contributed by atoms with E-state index in [0.717, 1.165) is 12.1 Å². The van der Waals surface area contributed by atoms with Gasteiger partial charge in [0, 0.05) is 11.7 Å². The number of benzene rings is 1. The van der Waals surface area contributed by atoms with Gasteiger partial charge in [0.2, 0.25) is 0 Å². The molecule has 0 bridgehead atoms. The van der Waals surface area contributed by atoms with E-state index >= 15 is 0 Å². The first-order valence-corrected chi connectivity index (χ1v) is 5.96. The van der Waals surface area contributed by atoms with E-state index in [2.05, 4.69) is 26.1 Å². The molecular formula is C14H23NO. The first-order valence-electron chi connectivity index (χ1n) is 5.96. The molecule has 0 saturated heterocycles. The van der Waals surface area contributed by atoms with Crippen molar-refractivity contribution < 1.29 is 5.11 Å². The summed E-state index contributed by atoms with van der Waals surface area (Å²) < 4.78 is 0. The average Bonchev–Trinajstić information content (AvgIpc) is 2.17. The normalized spacial score (nSPS) is 16.9. The smallest absolute Gasteiger partial charge is 0.0661 e. The molecule has 0 radical (unpaired) electrons. The van der Waals surface area contributed by atoms with Crippen molar-refractivity contribution in [2.45, 2.75) is 45.8 Å². The lowest BCUT2D eigenvalue weighted by molar-refractivity contribution is 0.00242. The summed E-state index contributed by atoms with van der Waals surface area (Å²) in [4.78, 5) is 0. The van der Waals surface area contributed by atoms with Crippen LogP contribution in [0.3, 0.4) is 0 Å². The SMILES string of the molecule is CC(C)[C@](C)(O)C[C@H](C)Nc1ccccc1. The van der Waals surface area contributed by atoms with Crippen LogP contribution in [0, 0.1) is 5.92 Å². The first-order chi connectivity index (χ1) is 7.42. The summed E-state index contributed by atoms with van der Waals surface area (Å²) in [6.45, 7) is 8.11. The molecule has 2 atom stereocenters. The van der Waals surface area contributed by atoms with Crippen LogP contribution in [-0.4, -0.2) is 16.7 Å². The molecule has 0 fully saturated rings. The molecule has 0 amide bonds. The molecule has 1 aromatic rings. The third kappa shape index (κ3) is 3.86. The van der Waals surface area contributed by atoms with Crippen LogP contribution in [-0.2, 0) is 0 Å². The van der Waals surface area contributed by atoms with Gasteiger partial charge in [-0.3, -0.25) is 0 Å². The van der Waals surface area contributed by atoms with Crippen LogP contribution in [0.15, 0.2) is 30.3 Å². The van der Waals surface area contributed by atoms with Crippen molar-refractivity contribution in [3.05, 3.63) is 30.3 Å². The maximum absolute atomic E-state index is 10.2. The van der Waals surface area contributed by atoms with Gasteiger partial charge >= 0.3 is 0 Å². The van der Waals surface area contributed by atoms with Crippen molar-refractivity contribution >= 4 is 5.69 Å². The van der Waals surface area contributed by atoms with E-state index < -0.39 is 5.60 Å². The predicted octanol–water partition coefficient (Wildman–Crippen LogP) is 3.28. The van der Waals surface area contributed by atoms with Crippen LogP contribution < -0.4 is 5.32 Å². The number of aliphatic hydroxyl groups is 1. The second-order valence-electron chi connectivity index (χ2n) is 5.13. The van der Waals surface area contributed by atoms with Crippen molar-refractivity contribution in [3.8, 4) is 0 Å². The molecule has 0 aliphatic carbocycles. The number of anilines is 1. The molecule has 0 unspecified atom stereocenters. The summed E-state index contributed by atoms with van der Waals surface area (Å²) >= 11 is 0. The van der Waals surface area contributed by atoms with E-state index in [9.17, 15) is 5.11 Å². The first kappa shape index (κ1) is 13.0. The Bertz CT molecular complexity index is 306. The topological polar surface area (TPSA) is 32.3 Å². The highest BCUT2D eigenvalue weighted by atomic mass is 16.3. The Morgan fingerprint density at radius 3 is 2.25 bits per heavy atom. The minimum absolute atomic E-state index is 0.264. The van der Waals surface area contributed by atoms with Gasteiger partial charge < -0.3 is 10.4 Å². The van der Waals surface area contributed by atoms with Gasteiger partial charge in [-0.25, -0.2) is 0 Å². The number of hydrogen-bond donors (Lipinski definition) is 2. The lowest BCUT2D eigenvalue weighted by Crippen LogP contribution is -2.36. The number of hydrogen-bond acceptors (Lipinski definition) is 2. The fourth-order valence-electron chi connectivity index (χ4n) is 1.73. The summed E-state index contributed by atoms with van der Waals surface area (Å²) in [5, 5.41) is 13.6. The summed E-state index contributed by atoms with van der Waals surface area (Å²) in [5.41, 5.74) is 0.496. The van der Waals surface area contributed by atoms with Crippen molar-refractivity contribution in [1.82, 2.24) is 0 Å². The van der Waals surface area contributed by atoms with Gasteiger partial charge in [0.15, 0.2) is 0 Å². The van der Waals surface area contributed by atoms with Crippen molar-refractivity contribution in [2.24, 2.45) is 5.92 Å². The molecule has 2 nitrogen and oxygen atoms in total. The summed E-state index contributed by atoms with van der Waals surface area (Å²) in [6.07, 6.45) is 0.750. The Hall–Kier alpha value is -1.02. The maximum atomic E-state index is 10.2. The fourth-order valence-corrected chi connectivity index (χ4v) is 1.73. The second-order valence-corrected chi connectivity index (χ2v) is 5.13. The molecule has 0 spiro atoms. The highest BCUT2D eigenvalue weighted by molar-refractivity contribution is 5.43. The maximum Gasteiger partial charge on any atom is 0.0661 e. The van der Waals surface area contributed by atoms with Gasteiger partial charge in [-0.05, 0) is 38.3 Å². The molecule has 1 aromatic carbocycles. The average molecular weight is 221 g/mol. The summed E-state index contributed by atoms with van der Waals surface area (Å²) in [6, 6.07) is 10.4. The van der Waals surface area contributed by atoms with Crippen LogP contribution in [0.5, 0.6) is 0 Å². The van der Waals surface area contributed by atoms with Crippen LogP contribution in [0.25, 0.3) is 0 Å². The Balaban J connectivity index is 2.51. The van der Waals surface area contributed by atoms with Gasteiger partial charge in [-0.15, -0.1) is 0 Å². The zero-order valence-electron chi connectivity index (χ0n) is 10.7. The monoisotopic (exact) mass is 221 g/mol. The Morgan fingerprint density at radius 1 is 1.19 bits per heavy atom. The number of para-hydroxylation sites is 1. The predicted molar refractivity (Wildman–Crippen MR) is 69.6 cm³/mol. The molecule has 2 heteroatoms. The standard InChI is InChI=1S/C14H23NO/c1-11(2)14(4,16)10-12(3)15-13-8-6-5-7-9-13/h5-9,11-12,15-16H,10H2,1-4H3/t12-,14+/m0/s1. The molecule has 90 valence electrons. The second kappa shape index (κ2) is 5.35. The highest BCUT2D eigenvalue weighted by Gasteiger charge is 2.26. The van der Waals surface area contributed by atoms with Crippen molar-refractivity contribution in [3.63, 3.8) is 0 Å². The molecular weight excluding hydrogens is 198 g/mol. The van der Waals surface area contributed by atoms with Crippen LogP contribution in [0.4, 0.5) is 5.69 Å². The zero-order chi connectivity index (χ0) is 12.2. The van der Waals surface area contributed by atoms with Crippen LogP contribution >= 0.6 is 0 Å². The van der Waals surface area contributed by atoms with E-state index in [1.165, 1.54) is 0 Å². The van der Waals surface area contributed by atoms with Gasteiger partial charge in [0.1, 0.15) is 0 Å². The molecule has 16 heavy (non-hydrogen) atoms. The minimum atomic E-state index is -0.610. The van der Waals surface area contributed by atoms with E-state index in [0.29, 0.717) is 0 Å². The van der Waals surface area contributed by atoms with Crippen LogP contribution in [0.1, 0.15) is 34.1 Å². The van der Waals surface area contributed by atoms with Gasteiger partial charge in [-0.2, -0.15) is 0 Å². The molecule has 2 N–H and O–H groups in total. The quantitative estimate of drug-likeness (QED) is 0.799. The molecule has 0 aliphatic heterocycles. The molecule has 0 aromatic heterocycles. The molecule has 0 saturated carbocycles. The Morgan fingerprint density at radius 2 is 1.75 bits per heavy atom. The zero-order valence-corrected chi connectivity index (χ0v) is 10.7. The summed E-state index contributed by atoms with van der Waals surface area (Å²) in [7, 11) is 0. The van der Waals surface area contributed by atoms with E-state index in [-0.39, 0.29) is 12.0 Å². The van der Waals surface area contributed by atoms with E-state index in [1.807, 2.05) is 37.3 Å². The van der Waals surface area contributed by atoms with Gasteiger partial charge in [0.05, 0.1) is 5.60 Å². The minimum Gasteiger partial charge on any atom is -0.390 e. The van der Waals surface area contributed by atoms with Gasteiger partial charge in [0.25, 0.3) is 0 Å². The lowest BCUT2D eigenvalue weighted by atomic mass is 9.86. The van der Waals surface area contributed by atoms with Crippen LogP contribution in [0.2, 0.25) is 0 Å². The highest BCUT2D eigenvalue weighted by Crippen LogP contribution is 2.23. The summed E-state index contributed by atoms with van der Waals surface area (Å²) in [5.74, 6) is 0.271. The number of rotatable bonds is 5. The molecule has 1 rings (SSSR count). The van der Waals surface area contributed by atoms with Crippen molar-refractivity contribution in [2.75, 3.05) is 5.32 Å². The third-order valence-corrected chi connectivity index (χ3v) is 3.15. The lowest BCUT2D eigenvalue weighted by Gasteiger charge is -2.31. The van der Waals surface area contributed by atoms with E-state index in [4.69, 9.17) is 0 Å². The molecule has 0 aliphatic rings. The fraction of sp³-hybridized carbons (Fsp3) is 0.571. The molecule has 0 heterocycles. The van der Waals surface area contributed by atoms with Gasteiger partial charge in [-0.1, -0.05) is 32.0 Å². The van der Waals surface area contributed by atoms with E-state index in [1.54, 1.807) is 0 Å². The Labute approximate surface area is 98.7 Å². The van der Waals surface area contributed by atoms with Crippen molar-refractivity contribution in [1.29, 1.82) is 0 Å².